The maximum Gasteiger partial charge on any atom is 0.257 e. The molecule has 4 rings (SSSR count). The number of thioether (sulfide) groups is 1. The zero-order valence-corrected chi connectivity index (χ0v) is 18.7. The number of ether oxygens (including phenoxy) is 1. The van der Waals surface area contributed by atoms with Gasteiger partial charge in [0.1, 0.15) is 11.8 Å². The van der Waals surface area contributed by atoms with Gasteiger partial charge in [0.15, 0.2) is 0 Å². The highest BCUT2D eigenvalue weighted by Gasteiger charge is 2.35. The maximum atomic E-state index is 13.0. The number of pyridine rings is 1. The number of anilines is 2. The number of rotatable bonds is 6. The molecule has 0 spiro atoms. The van der Waals surface area contributed by atoms with Crippen LogP contribution in [0.4, 0.5) is 11.4 Å². The lowest BCUT2D eigenvalue weighted by atomic mass is 10.1. The molecule has 1 atom stereocenters. The van der Waals surface area contributed by atoms with Crippen molar-refractivity contribution in [3.05, 3.63) is 84.2 Å². The first-order chi connectivity index (χ1) is 16.1. The van der Waals surface area contributed by atoms with Gasteiger partial charge in [0.05, 0.1) is 24.2 Å². The first kappa shape index (κ1) is 22.3. The van der Waals surface area contributed by atoms with E-state index in [-0.39, 0.29) is 17.7 Å². The molecule has 1 saturated heterocycles. The molecule has 2 aromatic carbocycles. The monoisotopic (exact) mass is 462 g/mol. The van der Waals surface area contributed by atoms with Gasteiger partial charge in [-0.05, 0) is 36.4 Å². The summed E-state index contributed by atoms with van der Waals surface area (Å²) in [5.41, 5.74) is 1.92. The standard InChI is InChI=1S/C24H22N4O4S/c1-32-21-12-18(9-10-19(21)27-22(29)17-8-5-11-25-13-17)26-23(30)20-14-33-15-28(20)24(31)16-6-3-2-4-7-16/h2-13,20H,14-15H2,1H3,(H,26,30)(H,27,29)/t20-/m0/s1. The van der Waals surface area contributed by atoms with E-state index < -0.39 is 6.04 Å². The Hall–Kier alpha value is -3.85. The molecular weight excluding hydrogens is 440 g/mol. The van der Waals surface area contributed by atoms with Crippen LogP contribution in [0, 0.1) is 0 Å². The molecular formula is C24H22N4O4S. The number of nitrogens with one attached hydrogen (secondary N) is 2. The topological polar surface area (TPSA) is 101 Å². The molecule has 1 aromatic heterocycles. The second-order valence-corrected chi connectivity index (χ2v) is 8.26. The van der Waals surface area contributed by atoms with Crippen molar-refractivity contribution in [3.63, 3.8) is 0 Å². The van der Waals surface area contributed by atoms with Crippen LogP contribution in [0.15, 0.2) is 73.1 Å². The summed E-state index contributed by atoms with van der Waals surface area (Å²) >= 11 is 1.53. The van der Waals surface area contributed by atoms with E-state index in [0.29, 0.717) is 39.9 Å². The Bertz CT molecular complexity index is 1160. The van der Waals surface area contributed by atoms with Gasteiger partial charge in [0.25, 0.3) is 11.8 Å². The molecule has 1 aliphatic heterocycles. The summed E-state index contributed by atoms with van der Waals surface area (Å²) < 4.78 is 5.40. The van der Waals surface area contributed by atoms with Gasteiger partial charge in [-0.2, -0.15) is 0 Å². The molecule has 1 aliphatic rings. The lowest BCUT2D eigenvalue weighted by molar-refractivity contribution is -0.119. The van der Waals surface area contributed by atoms with Gasteiger partial charge in [0.2, 0.25) is 5.91 Å². The van der Waals surface area contributed by atoms with Gasteiger partial charge >= 0.3 is 0 Å². The van der Waals surface area contributed by atoms with Crippen LogP contribution >= 0.6 is 11.8 Å². The maximum absolute atomic E-state index is 13.0. The first-order valence-electron chi connectivity index (χ1n) is 10.2. The number of carbonyl (C=O) groups is 3. The van der Waals surface area contributed by atoms with Crippen molar-refractivity contribution >= 4 is 40.9 Å². The molecule has 33 heavy (non-hydrogen) atoms. The lowest BCUT2D eigenvalue weighted by Gasteiger charge is -2.23. The minimum atomic E-state index is -0.585. The predicted molar refractivity (Wildman–Crippen MR) is 128 cm³/mol. The number of amides is 3. The largest absolute Gasteiger partial charge is 0.494 e. The Balaban J connectivity index is 1.45. The van der Waals surface area contributed by atoms with E-state index >= 15 is 0 Å². The van der Waals surface area contributed by atoms with Crippen molar-refractivity contribution in [1.82, 2.24) is 9.88 Å². The van der Waals surface area contributed by atoms with Crippen LogP contribution < -0.4 is 15.4 Å². The summed E-state index contributed by atoms with van der Waals surface area (Å²) in [5, 5.41) is 5.64. The summed E-state index contributed by atoms with van der Waals surface area (Å²) in [5.74, 6) is 0.583. The fourth-order valence-electron chi connectivity index (χ4n) is 3.40. The highest BCUT2D eigenvalue weighted by atomic mass is 32.2. The number of carbonyl (C=O) groups excluding carboxylic acids is 3. The number of hydrogen-bond acceptors (Lipinski definition) is 6. The summed E-state index contributed by atoms with van der Waals surface area (Å²) in [7, 11) is 1.48. The molecule has 0 saturated carbocycles. The normalized spacial score (nSPS) is 15.1. The van der Waals surface area contributed by atoms with E-state index in [1.54, 1.807) is 65.7 Å². The lowest BCUT2D eigenvalue weighted by Crippen LogP contribution is -2.44. The molecule has 0 unspecified atom stereocenters. The summed E-state index contributed by atoms with van der Waals surface area (Å²) in [6, 6.07) is 16.6. The first-order valence-corrected chi connectivity index (χ1v) is 11.4. The number of aromatic nitrogens is 1. The predicted octanol–water partition coefficient (Wildman–Crippen LogP) is 3.50. The van der Waals surface area contributed by atoms with Gasteiger partial charge in [-0.1, -0.05) is 18.2 Å². The van der Waals surface area contributed by atoms with Gasteiger partial charge in [-0.3, -0.25) is 19.4 Å². The second kappa shape index (κ2) is 10.2. The third kappa shape index (κ3) is 5.15. The molecule has 2 heterocycles. The highest BCUT2D eigenvalue weighted by Crippen LogP contribution is 2.30. The molecule has 9 heteroatoms. The van der Waals surface area contributed by atoms with Crippen LogP contribution in [0.1, 0.15) is 20.7 Å². The van der Waals surface area contributed by atoms with E-state index in [4.69, 9.17) is 4.74 Å². The van der Waals surface area contributed by atoms with E-state index in [9.17, 15) is 14.4 Å². The molecule has 8 nitrogen and oxygen atoms in total. The van der Waals surface area contributed by atoms with Crippen molar-refractivity contribution in [1.29, 1.82) is 0 Å². The van der Waals surface area contributed by atoms with Crippen LogP contribution in [0.2, 0.25) is 0 Å². The van der Waals surface area contributed by atoms with Crippen LogP contribution in [-0.2, 0) is 4.79 Å². The molecule has 0 aliphatic carbocycles. The third-order valence-electron chi connectivity index (χ3n) is 5.11. The molecule has 3 aromatic rings. The fraction of sp³-hybridized carbons (Fsp3) is 0.167. The molecule has 0 bridgehead atoms. The Morgan fingerprint density at radius 3 is 2.55 bits per heavy atom. The van der Waals surface area contributed by atoms with Crippen molar-refractivity contribution in [2.24, 2.45) is 0 Å². The zero-order valence-electron chi connectivity index (χ0n) is 17.9. The van der Waals surface area contributed by atoms with Gasteiger partial charge < -0.3 is 20.3 Å². The van der Waals surface area contributed by atoms with Crippen LogP contribution in [0.3, 0.4) is 0 Å². The Morgan fingerprint density at radius 1 is 1.03 bits per heavy atom. The van der Waals surface area contributed by atoms with Gasteiger partial charge in [-0.25, -0.2) is 0 Å². The molecule has 168 valence electrons. The van der Waals surface area contributed by atoms with Crippen LogP contribution in [0.5, 0.6) is 5.75 Å². The number of nitrogens with zero attached hydrogens (tertiary/aromatic N) is 2. The molecule has 0 radical (unpaired) electrons. The van der Waals surface area contributed by atoms with Crippen molar-refractivity contribution in [2.45, 2.75) is 6.04 Å². The number of benzene rings is 2. The summed E-state index contributed by atoms with van der Waals surface area (Å²) in [6.45, 7) is 0. The zero-order chi connectivity index (χ0) is 23.2. The average molecular weight is 463 g/mol. The Kier molecular flexibility index (Phi) is 6.89. The minimum absolute atomic E-state index is 0.174. The average Bonchev–Trinajstić information content (AvgIpc) is 3.35. The smallest absolute Gasteiger partial charge is 0.257 e. The van der Waals surface area contributed by atoms with Crippen molar-refractivity contribution in [3.8, 4) is 5.75 Å². The van der Waals surface area contributed by atoms with Crippen molar-refractivity contribution < 1.29 is 19.1 Å². The quantitative estimate of drug-likeness (QED) is 0.582. The Labute approximate surface area is 195 Å². The number of hydrogen-bond donors (Lipinski definition) is 2. The fourth-order valence-corrected chi connectivity index (χ4v) is 4.55. The van der Waals surface area contributed by atoms with E-state index in [1.807, 2.05) is 6.07 Å². The SMILES string of the molecule is COc1cc(NC(=O)[C@@H]2CSCN2C(=O)c2ccccc2)ccc1NC(=O)c1cccnc1. The van der Waals surface area contributed by atoms with E-state index in [0.717, 1.165) is 0 Å². The molecule has 2 N–H and O–H groups in total. The van der Waals surface area contributed by atoms with Gasteiger partial charge in [0, 0.05) is 35.5 Å². The molecule has 3 amide bonds. The third-order valence-corrected chi connectivity index (χ3v) is 6.12. The minimum Gasteiger partial charge on any atom is -0.494 e. The van der Waals surface area contributed by atoms with Crippen molar-refractivity contribution in [2.75, 3.05) is 29.4 Å². The number of methoxy groups -OCH3 is 1. The highest BCUT2D eigenvalue weighted by molar-refractivity contribution is 7.99. The summed E-state index contributed by atoms with van der Waals surface area (Å²) in [6.07, 6.45) is 3.06. The van der Waals surface area contributed by atoms with E-state index in [2.05, 4.69) is 15.6 Å². The molecule has 1 fully saturated rings. The van der Waals surface area contributed by atoms with Crippen LogP contribution in [0.25, 0.3) is 0 Å². The van der Waals surface area contributed by atoms with Crippen LogP contribution in [-0.4, -0.2) is 52.4 Å². The van der Waals surface area contributed by atoms with Gasteiger partial charge in [-0.15, -0.1) is 11.8 Å². The second-order valence-electron chi connectivity index (χ2n) is 7.26. The summed E-state index contributed by atoms with van der Waals surface area (Å²) in [4.78, 5) is 43.8. The van der Waals surface area contributed by atoms with E-state index in [1.165, 1.54) is 25.1 Å². The Morgan fingerprint density at radius 2 is 1.82 bits per heavy atom.